The minimum absolute atomic E-state index is 0.0633. The summed E-state index contributed by atoms with van der Waals surface area (Å²) in [4.78, 5) is 29.3. The van der Waals surface area contributed by atoms with E-state index in [1.807, 2.05) is 6.07 Å². The van der Waals surface area contributed by atoms with E-state index in [0.717, 1.165) is 60.8 Å². The van der Waals surface area contributed by atoms with Crippen molar-refractivity contribution in [2.24, 2.45) is 0 Å². The van der Waals surface area contributed by atoms with Crippen molar-refractivity contribution in [3.8, 4) is 0 Å². The van der Waals surface area contributed by atoms with Crippen LogP contribution in [0.1, 0.15) is 59.4 Å². The van der Waals surface area contributed by atoms with Gasteiger partial charge in [-0.05, 0) is 50.4 Å². The normalized spacial score (nSPS) is 22.1. The number of carbonyl (C=O) groups excluding carboxylic acids is 1. The Hall–Kier alpha value is -2.86. The van der Waals surface area contributed by atoms with Gasteiger partial charge in [0.15, 0.2) is 0 Å². The van der Waals surface area contributed by atoms with Crippen LogP contribution >= 0.6 is 0 Å². The zero-order chi connectivity index (χ0) is 21.7. The highest BCUT2D eigenvalue weighted by atomic mass is 16.2. The summed E-state index contributed by atoms with van der Waals surface area (Å²) in [6, 6.07) is 14.8. The van der Waals surface area contributed by atoms with Crippen molar-refractivity contribution in [1.29, 1.82) is 0 Å². The van der Waals surface area contributed by atoms with Crippen molar-refractivity contribution in [3.05, 3.63) is 59.4 Å². The van der Waals surface area contributed by atoms with Crippen LogP contribution in [0.15, 0.2) is 42.5 Å². The maximum atomic E-state index is 14.1. The molecule has 2 saturated heterocycles. The van der Waals surface area contributed by atoms with E-state index in [2.05, 4.69) is 63.1 Å². The fraction of sp³-hybridized carbons (Fsp3) is 0.462. The van der Waals surface area contributed by atoms with Crippen LogP contribution in [-0.2, 0) is 0 Å². The van der Waals surface area contributed by atoms with E-state index in [9.17, 15) is 4.79 Å². The number of likely N-dealkylation sites (N-methyl/N-ethyl adjacent to an activating group) is 1. The topological polar surface area (TPSA) is 55.5 Å². The molecule has 32 heavy (non-hydrogen) atoms. The molecule has 6 nitrogen and oxygen atoms in total. The molecule has 1 saturated carbocycles. The lowest BCUT2D eigenvalue weighted by molar-refractivity contribution is 0.0499. The Morgan fingerprint density at radius 1 is 1.03 bits per heavy atom. The second-order valence-corrected chi connectivity index (χ2v) is 9.66. The van der Waals surface area contributed by atoms with Gasteiger partial charge >= 0.3 is 0 Å². The number of anilines is 1. The minimum Gasteiger partial charge on any atom is -0.371 e. The van der Waals surface area contributed by atoms with Gasteiger partial charge in [-0.15, -0.1) is 0 Å². The number of imidazole rings is 1. The molecule has 6 heteroatoms. The summed E-state index contributed by atoms with van der Waals surface area (Å²) < 4.78 is 0. The van der Waals surface area contributed by atoms with Gasteiger partial charge in [-0.2, -0.15) is 0 Å². The number of aromatic amines is 1. The third-order valence-corrected chi connectivity index (χ3v) is 7.29. The standard InChI is InChI=1S/C26H31N5O/c1-29-13-14-31(24(17-29)18-7-3-2-4-8-18)26(32)20-15-21-22(28-25(27-21)19-9-10-19)16-23(20)30-11-5-6-12-30/h2-4,7-8,15-16,19,24H,5-6,9-14,17H2,1H3,(H,27,28)/t24-/m1/s1. The number of H-pyrrole nitrogens is 1. The molecule has 0 radical (unpaired) electrons. The summed E-state index contributed by atoms with van der Waals surface area (Å²) >= 11 is 0. The lowest BCUT2D eigenvalue weighted by atomic mass is 10.0. The third-order valence-electron chi connectivity index (χ3n) is 7.29. The molecule has 1 amide bonds. The van der Waals surface area contributed by atoms with E-state index in [0.29, 0.717) is 5.92 Å². The number of nitrogens with one attached hydrogen (secondary N) is 1. The van der Waals surface area contributed by atoms with Gasteiger partial charge in [0.25, 0.3) is 5.91 Å². The Kier molecular flexibility index (Phi) is 4.90. The molecule has 1 aromatic heterocycles. The Morgan fingerprint density at radius 2 is 1.81 bits per heavy atom. The maximum Gasteiger partial charge on any atom is 0.256 e. The van der Waals surface area contributed by atoms with Crippen molar-refractivity contribution in [3.63, 3.8) is 0 Å². The van der Waals surface area contributed by atoms with E-state index >= 15 is 0 Å². The first-order valence-electron chi connectivity index (χ1n) is 12.0. The van der Waals surface area contributed by atoms with Crippen molar-refractivity contribution in [1.82, 2.24) is 19.8 Å². The molecule has 3 fully saturated rings. The highest BCUT2D eigenvalue weighted by Gasteiger charge is 2.34. The number of carbonyl (C=O) groups is 1. The number of hydrogen-bond donors (Lipinski definition) is 1. The fourth-order valence-electron chi connectivity index (χ4n) is 5.28. The number of rotatable bonds is 4. The van der Waals surface area contributed by atoms with Crippen molar-refractivity contribution in [2.45, 2.75) is 37.6 Å². The van der Waals surface area contributed by atoms with E-state index in [1.165, 1.54) is 31.2 Å². The second kappa shape index (κ2) is 7.93. The Morgan fingerprint density at radius 3 is 2.56 bits per heavy atom. The Bertz CT molecular complexity index is 1130. The van der Waals surface area contributed by atoms with Gasteiger partial charge in [0.2, 0.25) is 0 Å². The summed E-state index contributed by atoms with van der Waals surface area (Å²) in [5, 5.41) is 0. The van der Waals surface area contributed by atoms with Gasteiger partial charge in [0.05, 0.1) is 28.3 Å². The lowest BCUT2D eigenvalue weighted by Gasteiger charge is -2.41. The molecule has 0 unspecified atom stereocenters. The van der Waals surface area contributed by atoms with Gasteiger partial charge in [-0.1, -0.05) is 30.3 Å². The van der Waals surface area contributed by atoms with Gasteiger partial charge in [-0.3, -0.25) is 4.79 Å². The highest BCUT2D eigenvalue weighted by molar-refractivity contribution is 6.04. The Labute approximate surface area is 189 Å². The molecule has 166 valence electrons. The van der Waals surface area contributed by atoms with Gasteiger partial charge in [0, 0.05) is 38.6 Å². The summed E-state index contributed by atoms with van der Waals surface area (Å²) in [5.74, 6) is 1.79. The molecular formula is C26H31N5O. The van der Waals surface area contributed by atoms with Crippen LogP contribution in [0.4, 0.5) is 5.69 Å². The SMILES string of the molecule is CN1CCN(C(=O)c2cc3[nH]c(C4CC4)nc3cc2N2CCCC2)[C@@H](c2ccccc2)C1. The largest absolute Gasteiger partial charge is 0.371 e. The lowest BCUT2D eigenvalue weighted by Crippen LogP contribution is -2.49. The molecular weight excluding hydrogens is 398 g/mol. The van der Waals surface area contributed by atoms with Crippen molar-refractivity contribution < 1.29 is 4.79 Å². The third kappa shape index (κ3) is 3.56. The number of aromatic nitrogens is 2. The molecule has 2 aliphatic heterocycles. The predicted octanol–water partition coefficient (Wildman–Crippen LogP) is 4.17. The van der Waals surface area contributed by atoms with Gasteiger partial charge in [0.1, 0.15) is 5.82 Å². The predicted molar refractivity (Wildman–Crippen MR) is 127 cm³/mol. The van der Waals surface area contributed by atoms with E-state index in [1.54, 1.807) is 0 Å². The van der Waals surface area contributed by atoms with Crippen molar-refractivity contribution >= 4 is 22.6 Å². The zero-order valence-electron chi connectivity index (χ0n) is 18.8. The minimum atomic E-state index is 0.0633. The highest BCUT2D eigenvalue weighted by Crippen LogP contribution is 2.40. The zero-order valence-corrected chi connectivity index (χ0v) is 18.8. The van der Waals surface area contributed by atoms with E-state index in [-0.39, 0.29) is 11.9 Å². The van der Waals surface area contributed by atoms with Crippen LogP contribution in [0.25, 0.3) is 11.0 Å². The first-order valence-corrected chi connectivity index (χ1v) is 12.0. The molecule has 1 atom stereocenters. The molecule has 0 spiro atoms. The molecule has 1 aliphatic carbocycles. The first kappa shape index (κ1) is 19.8. The monoisotopic (exact) mass is 429 g/mol. The van der Waals surface area contributed by atoms with E-state index in [4.69, 9.17) is 4.98 Å². The summed E-state index contributed by atoms with van der Waals surface area (Å²) in [7, 11) is 2.14. The van der Waals surface area contributed by atoms with Gasteiger partial charge < -0.3 is 19.7 Å². The summed E-state index contributed by atoms with van der Waals surface area (Å²) in [6.45, 7) is 4.51. The molecule has 2 aromatic carbocycles. The van der Waals surface area contributed by atoms with Gasteiger partial charge in [-0.25, -0.2) is 4.98 Å². The quantitative estimate of drug-likeness (QED) is 0.676. The van der Waals surface area contributed by atoms with Crippen molar-refractivity contribution in [2.75, 3.05) is 44.7 Å². The number of hydrogen-bond acceptors (Lipinski definition) is 4. The smallest absolute Gasteiger partial charge is 0.256 e. The van der Waals surface area contributed by atoms with Crippen LogP contribution < -0.4 is 4.90 Å². The maximum absolute atomic E-state index is 14.1. The number of benzene rings is 2. The second-order valence-electron chi connectivity index (χ2n) is 9.66. The fourth-order valence-corrected chi connectivity index (χ4v) is 5.28. The number of piperazine rings is 1. The summed E-state index contributed by atoms with van der Waals surface area (Å²) in [5.41, 5.74) is 5.05. The molecule has 6 rings (SSSR count). The van der Waals surface area contributed by atoms with Crippen LogP contribution in [0.2, 0.25) is 0 Å². The molecule has 3 heterocycles. The Balaban J connectivity index is 1.42. The number of fused-ring (bicyclic) bond motifs is 1. The van der Waals surface area contributed by atoms with E-state index < -0.39 is 0 Å². The van der Waals surface area contributed by atoms with Crippen LogP contribution in [-0.4, -0.2) is 65.4 Å². The number of nitrogens with zero attached hydrogens (tertiary/aromatic N) is 4. The molecule has 3 aliphatic rings. The summed E-state index contributed by atoms with van der Waals surface area (Å²) in [6.07, 6.45) is 4.79. The van der Waals surface area contributed by atoms with Crippen LogP contribution in [0.5, 0.6) is 0 Å². The average Bonchev–Trinajstić information content (AvgIpc) is 3.36. The van der Waals surface area contributed by atoms with Crippen LogP contribution in [0, 0.1) is 0 Å². The molecule has 3 aromatic rings. The first-order chi connectivity index (χ1) is 15.7. The molecule has 0 bridgehead atoms. The average molecular weight is 430 g/mol. The molecule has 1 N–H and O–H groups in total. The number of amides is 1. The van der Waals surface area contributed by atoms with Crippen LogP contribution in [0.3, 0.4) is 0 Å².